The van der Waals surface area contributed by atoms with Gasteiger partial charge in [0.05, 0.1) is 0 Å². The standard InChI is InChI=1S/C16H34O2.C2H4.CH4/c1-2-3-4-5-6-7-8-9-10-11-12-13-14-15-16(17)18;1-2;/h16-18H,2-15H2,1H3;1-2H2;1H4. The zero-order valence-corrected chi connectivity index (χ0v) is 13.8. The van der Waals surface area contributed by atoms with Gasteiger partial charge in [-0.2, -0.15) is 0 Å². The van der Waals surface area contributed by atoms with E-state index < -0.39 is 6.29 Å². The monoisotopic (exact) mass is 302 g/mol. The molecule has 0 aromatic carbocycles. The number of unbranched alkanes of at least 4 members (excludes halogenated alkanes) is 12. The second-order valence-corrected chi connectivity index (χ2v) is 5.51. The van der Waals surface area contributed by atoms with Crippen molar-refractivity contribution in [2.45, 2.75) is 111 Å². The van der Waals surface area contributed by atoms with Crippen molar-refractivity contribution >= 4 is 0 Å². The van der Waals surface area contributed by atoms with Crippen LogP contribution in [0.2, 0.25) is 0 Å². The van der Waals surface area contributed by atoms with E-state index in [1.807, 2.05) is 0 Å². The number of hydrogen-bond donors (Lipinski definition) is 2. The van der Waals surface area contributed by atoms with Crippen molar-refractivity contribution in [2.24, 2.45) is 0 Å². The van der Waals surface area contributed by atoms with Gasteiger partial charge >= 0.3 is 0 Å². The summed E-state index contributed by atoms with van der Waals surface area (Å²) >= 11 is 0. The molecule has 0 saturated carbocycles. The van der Waals surface area contributed by atoms with Gasteiger partial charge in [0.1, 0.15) is 0 Å². The van der Waals surface area contributed by atoms with Crippen molar-refractivity contribution in [3.8, 4) is 0 Å². The van der Waals surface area contributed by atoms with Crippen molar-refractivity contribution in [2.75, 3.05) is 0 Å². The van der Waals surface area contributed by atoms with E-state index in [1.54, 1.807) is 0 Å². The van der Waals surface area contributed by atoms with Gasteiger partial charge in [0, 0.05) is 0 Å². The third kappa shape index (κ3) is 28.5. The Morgan fingerprint density at radius 3 is 1.19 bits per heavy atom. The SMILES string of the molecule is C.C=C.CCCCCCCCCCCCCCCC(O)O. The minimum atomic E-state index is -1.10. The lowest BCUT2D eigenvalue weighted by atomic mass is 10.0. The van der Waals surface area contributed by atoms with Gasteiger partial charge in [0.2, 0.25) is 0 Å². The van der Waals surface area contributed by atoms with Gasteiger partial charge in [-0.25, -0.2) is 0 Å². The minimum Gasteiger partial charge on any atom is -0.368 e. The first-order valence-electron chi connectivity index (χ1n) is 8.63. The minimum absolute atomic E-state index is 0. The number of aliphatic hydroxyl groups is 2. The summed E-state index contributed by atoms with van der Waals surface area (Å²) in [4.78, 5) is 0. The highest BCUT2D eigenvalue weighted by molar-refractivity contribution is 4.49. The molecule has 130 valence electrons. The molecular formula is C19H42O2. The molecule has 2 heteroatoms. The summed E-state index contributed by atoms with van der Waals surface area (Å²) in [5, 5.41) is 17.4. The van der Waals surface area contributed by atoms with Crippen LogP contribution < -0.4 is 0 Å². The molecular weight excluding hydrogens is 260 g/mol. The van der Waals surface area contributed by atoms with E-state index in [9.17, 15) is 0 Å². The van der Waals surface area contributed by atoms with Gasteiger partial charge in [0.15, 0.2) is 6.29 Å². The van der Waals surface area contributed by atoms with Gasteiger partial charge in [-0.05, 0) is 12.8 Å². The van der Waals surface area contributed by atoms with Crippen molar-refractivity contribution in [1.82, 2.24) is 0 Å². The highest BCUT2D eigenvalue weighted by Crippen LogP contribution is 2.13. The largest absolute Gasteiger partial charge is 0.368 e. The van der Waals surface area contributed by atoms with Gasteiger partial charge < -0.3 is 10.2 Å². The van der Waals surface area contributed by atoms with Crippen LogP contribution in [0.5, 0.6) is 0 Å². The Kier molecular flexibility index (Phi) is 30.1. The first-order chi connectivity index (χ1) is 9.77. The van der Waals surface area contributed by atoms with Crippen molar-refractivity contribution in [3.05, 3.63) is 13.2 Å². The molecule has 0 aliphatic rings. The van der Waals surface area contributed by atoms with Gasteiger partial charge in [-0.1, -0.05) is 91.4 Å². The predicted molar refractivity (Wildman–Crippen MR) is 96.5 cm³/mol. The molecule has 0 heterocycles. The molecule has 2 nitrogen and oxygen atoms in total. The van der Waals surface area contributed by atoms with E-state index in [-0.39, 0.29) is 7.43 Å². The fourth-order valence-electron chi connectivity index (χ4n) is 2.34. The van der Waals surface area contributed by atoms with Crippen LogP contribution >= 0.6 is 0 Å². The van der Waals surface area contributed by atoms with Crippen molar-refractivity contribution in [3.63, 3.8) is 0 Å². The summed E-state index contributed by atoms with van der Waals surface area (Å²) in [6.07, 6.45) is 16.7. The average Bonchev–Trinajstić information content (AvgIpc) is 2.46. The summed E-state index contributed by atoms with van der Waals surface area (Å²) in [6.45, 7) is 8.27. The summed E-state index contributed by atoms with van der Waals surface area (Å²) in [7, 11) is 0. The van der Waals surface area contributed by atoms with E-state index in [0.717, 1.165) is 12.8 Å². The van der Waals surface area contributed by atoms with Gasteiger partial charge in [0.25, 0.3) is 0 Å². The Labute approximate surface area is 134 Å². The molecule has 0 bridgehead atoms. The van der Waals surface area contributed by atoms with Crippen LogP contribution in [0.15, 0.2) is 13.2 Å². The number of aliphatic hydroxyl groups excluding tert-OH is 1. The van der Waals surface area contributed by atoms with E-state index in [2.05, 4.69) is 20.1 Å². The maximum absolute atomic E-state index is 8.69. The van der Waals surface area contributed by atoms with Gasteiger partial charge in [-0.3, -0.25) is 0 Å². The van der Waals surface area contributed by atoms with Crippen LogP contribution in [0.4, 0.5) is 0 Å². The molecule has 2 N–H and O–H groups in total. The Morgan fingerprint density at radius 2 is 0.905 bits per heavy atom. The van der Waals surface area contributed by atoms with Gasteiger partial charge in [-0.15, -0.1) is 13.2 Å². The molecule has 0 amide bonds. The van der Waals surface area contributed by atoms with Crippen LogP contribution in [0.3, 0.4) is 0 Å². The van der Waals surface area contributed by atoms with E-state index in [1.165, 1.54) is 70.6 Å². The quantitative estimate of drug-likeness (QED) is 0.227. The first-order valence-corrected chi connectivity index (χ1v) is 8.63. The molecule has 0 aromatic rings. The fraction of sp³-hybridized carbons (Fsp3) is 0.895. The smallest absolute Gasteiger partial charge is 0.151 e. The molecule has 21 heavy (non-hydrogen) atoms. The second-order valence-electron chi connectivity index (χ2n) is 5.51. The van der Waals surface area contributed by atoms with Crippen LogP contribution in [-0.4, -0.2) is 16.5 Å². The van der Waals surface area contributed by atoms with Crippen LogP contribution in [-0.2, 0) is 0 Å². The van der Waals surface area contributed by atoms with Crippen molar-refractivity contribution < 1.29 is 10.2 Å². The Morgan fingerprint density at radius 1 is 0.619 bits per heavy atom. The third-order valence-electron chi connectivity index (χ3n) is 3.57. The lowest BCUT2D eigenvalue weighted by molar-refractivity contribution is -0.0466. The summed E-state index contributed by atoms with van der Waals surface area (Å²) < 4.78 is 0. The maximum atomic E-state index is 8.69. The maximum Gasteiger partial charge on any atom is 0.151 e. The van der Waals surface area contributed by atoms with Crippen LogP contribution in [0.25, 0.3) is 0 Å². The Balaban J connectivity index is -0.00000103. The Bertz CT molecular complexity index is 158. The highest BCUT2D eigenvalue weighted by atomic mass is 16.5. The van der Waals surface area contributed by atoms with E-state index in [0.29, 0.717) is 6.42 Å². The Hall–Kier alpha value is -0.340. The third-order valence-corrected chi connectivity index (χ3v) is 3.57. The molecule has 0 atom stereocenters. The lowest BCUT2D eigenvalue weighted by Crippen LogP contribution is -2.02. The predicted octanol–water partition coefficient (Wildman–Crippen LogP) is 6.22. The van der Waals surface area contributed by atoms with Crippen LogP contribution in [0, 0.1) is 0 Å². The topological polar surface area (TPSA) is 40.5 Å². The summed E-state index contributed by atoms with van der Waals surface area (Å²) in [5.41, 5.74) is 0. The molecule has 0 spiro atoms. The fourth-order valence-corrected chi connectivity index (χ4v) is 2.34. The number of rotatable bonds is 14. The van der Waals surface area contributed by atoms with Crippen LogP contribution in [0.1, 0.15) is 104 Å². The molecule has 0 aliphatic carbocycles. The second kappa shape index (κ2) is 24.7. The van der Waals surface area contributed by atoms with E-state index in [4.69, 9.17) is 10.2 Å². The average molecular weight is 303 g/mol. The zero-order valence-electron chi connectivity index (χ0n) is 13.8. The first kappa shape index (κ1) is 25.6. The van der Waals surface area contributed by atoms with Crippen molar-refractivity contribution in [1.29, 1.82) is 0 Å². The normalized spacial score (nSPS) is 9.90. The number of hydrogen-bond acceptors (Lipinski definition) is 2. The molecule has 0 fully saturated rings. The summed E-state index contributed by atoms with van der Waals surface area (Å²) in [5.74, 6) is 0. The molecule has 0 radical (unpaired) electrons. The van der Waals surface area contributed by atoms with E-state index >= 15 is 0 Å². The zero-order chi connectivity index (χ0) is 15.5. The molecule has 0 aliphatic heterocycles. The molecule has 0 aromatic heterocycles. The highest BCUT2D eigenvalue weighted by Gasteiger charge is 1.97. The lowest BCUT2D eigenvalue weighted by Gasteiger charge is -2.04. The summed E-state index contributed by atoms with van der Waals surface area (Å²) in [6, 6.07) is 0. The molecule has 0 unspecified atom stereocenters. The molecule has 0 saturated heterocycles. The molecule has 0 rings (SSSR count).